The molecular weight excluding hydrogens is 324 g/mol. The van der Waals surface area contributed by atoms with Crippen molar-refractivity contribution in [2.24, 2.45) is 0 Å². The van der Waals surface area contributed by atoms with E-state index in [0.717, 1.165) is 5.69 Å². The van der Waals surface area contributed by atoms with Gasteiger partial charge in [0.25, 0.3) is 0 Å². The second-order valence-corrected chi connectivity index (χ2v) is 5.08. The molecule has 0 saturated carbocycles. The van der Waals surface area contributed by atoms with E-state index in [9.17, 15) is 4.79 Å². The van der Waals surface area contributed by atoms with Crippen LogP contribution < -0.4 is 14.2 Å². The van der Waals surface area contributed by atoms with Crippen molar-refractivity contribution in [3.05, 3.63) is 54.9 Å². The molecule has 3 rings (SSSR count). The molecule has 0 unspecified atom stereocenters. The Labute approximate surface area is 143 Å². The van der Waals surface area contributed by atoms with Gasteiger partial charge in [0.15, 0.2) is 17.6 Å². The lowest BCUT2D eigenvalue weighted by Crippen LogP contribution is -2.28. The maximum Gasteiger partial charge on any atom is 0.352 e. The summed E-state index contributed by atoms with van der Waals surface area (Å²) in [6.45, 7) is 1.62. The molecule has 1 heterocycles. The minimum absolute atomic E-state index is 0.400. The van der Waals surface area contributed by atoms with Crippen LogP contribution >= 0.6 is 0 Å². The zero-order chi connectivity index (χ0) is 17.6. The van der Waals surface area contributed by atoms with Gasteiger partial charge in [-0.25, -0.2) is 9.48 Å². The molecule has 25 heavy (non-hydrogen) atoms. The molecule has 8 nitrogen and oxygen atoms in total. The second-order valence-electron chi connectivity index (χ2n) is 5.08. The van der Waals surface area contributed by atoms with Crippen LogP contribution in [0.15, 0.2) is 54.9 Å². The lowest BCUT2D eigenvalue weighted by molar-refractivity contribution is -0.141. The molecule has 2 aromatic carbocycles. The van der Waals surface area contributed by atoms with Crippen molar-refractivity contribution in [1.82, 2.24) is 20.2 Å². The average molecular weight is 340 g/mol. The molecule has 128 valence electrons. The summed E-state index contributed by atoms with van der Waals surface area (Å²) in [7, 11) is 1.54. The molecule has 0 fully saturated rings. The van der Waals surface area contributed by atoms with Gasteiger partial charge < -0.3 is 14.2 Å². The Morgan fingerprint density at radius 2 is 1.80 bits per heavy atom. The fourth-order valence-corrected chi connectivity index (χ4v) is 2.10. The molecule has 1 atom stereocenters. The van der Waals surface area contributed by atoms with Gasteiger partial charge in [0.2, 0.25) is 0 Å². The second kappa shape index (κ2) is 7.43. The van der Waals surface area contributed by atoms with E-state index in [4.69, 9.17) is 14.2 Å². The topological polar surface area (TPSA) is 88.4 Å². The van der Waals surface area contributed by atoms with E-state index < -0.39 is 12.1 Å². The minimum Gasteiger partial charge on any atom is -0.493 e. The number of hydrogen-bond donors (Lipinski definition) is 0. The number of para-hydroxylation sites is 2. The third-order valence-corrected chi connectivity index (χ3v) is 3.37. The number of aromatic nitrogens is 4. The molecule has 3 aromatic rings. The summed E-state index contributed by atoms with van der Waals surface area (Å²) in [5.41, 5.74) is 0.753. The van der Waals surface area contributed by atoms with Crippen LogP contribution in [0.2, 0.25) is 0 Å². The molecule has 0 aliphatic carbocycles. The van der Waals surface area contributed by atoms with Gasteiger partial charge >= 0.3 is 5.97 Å². The monoisotopic (exact) mass is 340 g/mol. The number of hydrogen-bond acceptors (Lipinski definition) is 7. The van der Waals surface area contributed by atoms with Gasteiger partial charge in [-0.3, -0.25) is 0 Å². The number of carbonyl (C=O) groups excluding carboxylic acids is 1. The van der Waals surface area contributed by atoms with Crippen molar-refractivity contribution in [3.8, 4) is 22.9 Å². The number of ether oxygens (including phenoxy) is 3. The fourth-order valence-electron chi connectivity index (χ4n) is 2.10. The van der Waals surface area contributed by atoms with E-state index in [-0.39, 0.29) is 0 Å². The summed E-state index contributed by atoms with van der Waals surface area (Å²) in [6.07, 6.45) is 0.681. The molecule has 0 radical (unpaired) electrons. The van der Waals surface area contributed by atoms with E-state index >= 15 is 0 Å². The minimum atomic E-state index is -0.796. The zero-order valence-electron chi connectivity index (χ0n) is 13.7. The predicted octanol–water partition coefficient (Wildman–Crippen LogP) is 2.04. The van der Waals surface area contributed by atoms with Crippen molar-refractivity contribution >= 4 is 5.97 Å². The van der Waals surface area contributed by atoms with Gasteiger partial charge in [0, 0.05) is 0 Å². The molecule has 1 aromatic heterocycles. The Morgan fingerprint density at radius 3 is 2.44 bits per heavy atom. The van der Waals surface area contributed by atoms with Crippen LogP contribution in [0.4, 0.5) is 0 Å². The smallest absolute Gasteiger partial charge is 0.352 e. The average Bonchev–Trinajstić information content (AvgIpc) is 3.17. The summed E-state index contributed by atoms with van der Waals surface area (Å²) < 4.78 is 17.6. The number of tetrazole rings is 1. The Morgan fingerprint density at radius 1 is 1.08 bits per heavy atom. The van der Waals surface area contributed by atoms with Crippen LogP contribution in [-0.2, 0) is 4.79 Å². The largest absolute Gasteiger partial charge is 0.493 e. The number of methoxy groups -OCH3 is 1. The first-order chi connectivity index (χ1) is 12.2. The van der Waals surface area contributed by atoms with E-state index in [2.05, 4.69) is 15.5 Å². The highest BCUT2D eigenvalue weighted by Crippen LogP contribution is 2.27. The van der Waals surface area contributed by atoms with Gasteiger partial charge in [-0.05, 0) is 53.7 Å². The highest BCUT2D eigenvalue weighted by molar-refractivity contribution is 5.77. The highest BCUT2D eigenvalue weighted by Gasteiger charge is 2.19. The van der Waals surface area contributed by atoms with Crippen molar-refractivity contribution < 1.29 is 19.0 Å². The van der Waals surface area contributed by atoms with Crippen LogP contribution in [0.3, 0.4) is 0 Å². The summed E-state index contributed by atoms with van der Waals surface area (Å²) >= 11 is 0. The molecule has 0 N–H and O–H groups in total. The third-order valence-electron chi connectivity index (χ3n) is 3.37. The Kier molecular flexibility index (Phi) is 4.89. The Bertz CT molecular complexity index is 834. The number of benzene rings is 2. The van der Waals surface area contributed by atoms with Crippen LogP contribution in [0.25, 0.3) is 5.69 Å². The van der Waals surface area contributed by atoms with E-state index in [1.54, 1.807) is 49.4 Å². The first-order valence-corrected chi connectivity index (χ1v) is 7.52. The van der Waals surface area contributed by atoms with Crippen molar-refractivity contribution in [2.45, 2.75) is 13.0 Å². The van der Waals surface area contributed by atoms with Gasteiger partial charge in [-0.15, -0.1) is 5.10 Å². The third kappa shape index (κ3) is 3.92. The number of rotatable bonds is 6. The van der Waals surface area contributed by atoms with Crippen molar-refractivity contribution in [3.63, 3.8) is 0 Å². The quantitative estimate of drug-likeness (QED) is 0.501. The fraction of sp³-hybridized carbons (Fsp3) is 0.176. The van der Waals surface area contributed by atoms with E-state index in [1.165, 1.54) is 18.1 Å². The molecule has 8 heteroatoms. The van der Waals surface area contributed by atoms with Gasteiger partial charge in [-0.1, -0.05) is 12.1 Å². The van der Waals surface area contributed by atoms with Crippen LogP contribution in [0.5, 0.6) is 17.2 Å². The van der Waals surface area contributed by atoms with Crippen LogP contribution in [0, 0.1) is 0 Å². The summed E-state index contributed by atoms with van der Waals surface area (Å²) in [6, 6.07) is 13.9. The lowest BCUT2D eigenvalue weighted by atomic mass is 10.3. The van der Waals surface area contributed by atoms with Gasteiger partial charge in [-0.2, -0.15) is 0 Å². The standard InChI is InChI=1S/C17H16N4O4/c1-12(24-16-6-4-3-5-15(16)23-2)17(22)25-14-9-7-13(8-10-14)21-11-18-19-20-21/h3-12H,1-2H3/t12-/m1/s1. The molecule has 0 saturated heterocycles. The predicted molar refractivity (Wildman–Crippen MR) is 87.9 cm³/mol. The molecular formula is C17H16N4O4. The SMILES string of the molecule is COc1ccccc1O[C@H](C)C(=O)Oc1ccc(-n2cnnn2)cc1. The number of carbonyl (C=O) groups is 1. The van der Waals surface area contributed by atoms with Crippen LogP contribution in [-0.4, -0.2) is 39.4 Å². The maximum absolute atomic E-state index is 12.2. The number of esters is 1. The Balaban J connectivity index is 1.63. The molecule has 0 bridgehead atoms. The van der Waals surface area contributed by atoms with Crippen LogP contribution in [0.1, 0.15) is 6.92 Å². The van der Waals surface area contributed by atoms with Gasteiger partial charge in [0.1, 0.15) is 12.1 Å². The van der Waals surface area contributed by atoms with Gasteiger partial charge in [0.05, 0.1) is 12.8 Å². The summed E-state index contributed by atoms with van der Waals surface area (Å²) in [5, 5.41) is 10.9. The van der Waals surface area contributed by atoms with Crippen molar-refractivity contribution in [1.29, 1.82) is 0 Å². The summed E-state index contributed by atoms with van der Waals surface area (Å²) in [4.78, 5) is 12.2. The molecule has 0 amide bonds. The Hall–Kier alpha value is -3.42. The van der Waals surface area contributed by atoms with Crippen molar-refractivity contribution in [2.75, 3.05) is 7.11 Å². The molecule has 0 aliphatic heterocycles. The lowest BCUT2D eigenvalue weighted by Gasteiger charge is -2.15. The first-order valence-electron chi connectivity index (χ1n) is 7.52. The molecule has 0 aliphatic rings. The normalized spacial score (nSPS) is 11.6. The zero-order valence-corrected chi connectivity index (χ0v) is 13.7. The highest BCUT2D eigenvalue weighted by atomic mass is 16.6. The first kappa shape index (κ1) is 16.4. The molecule has 0 spiro atoms. The maximum atomic E-state index is 12.2. The summed E-state index contributed by atoms with van der Waals surface area (Å²) in [5.74, 6) is 0.912. The number of nitrogens with zero attached hydrogens (tertiary/aromatic N) is 4. The van der Waals surface area contributed by atoms with E-state index in [0.29, 0.717) is 17.2 Å². The van der Waals surface area contributed by atoms with E-state index in [1.807, 2.05) is 6.07 Å².